The fourth-order valence-electron chi connectivity index (χ4n) is 1.29. The van der Waals surface area contributed by atoms with Crippen molar-refractivity contribution in [3.05, 3.63) is 22.2 Å². The van der Waals surface area contributed by atoms with Crippen molar-refractivity contribution in [2.24, 2.45) is 0 Å². The summed E-state index contributed by atoms with van der Waals surface area (Å²) in [4.78, 5) is 0. The Hall–Kier alpha value is -0.950. The molecule has 7 heteroatoms. The van der Waals surface area contributed by atoms with Crippen LogP contribution in [0, 0.1) is 0 Å². The summed E-state index contributed by atoms with van der Waals surface area (Å²) in [6, 6.07) is 2.51. The number of hydrogen-bond donors (Lipinski definition) is 2. The Kier molecular flexibility index (Phi) is 4.64. The lowest BCUT2D eigenvalue weighted by atomic mass is 10.1. The van der Waals surface area contributed by atoms with Crippen molar-refractivity contribution in [2.45, 2.75) is 19.2 Å². The molecule has 0 saturated heterocycles. The maximum Gasteiger partial charge on any atom is 0.573 e. The van der Waals surface area contributed by atoms with Gasteiger partial charge in [0, 0.05) is 11.1 Å². The number of ether oxygens (including phenoxy) is 1. The monoisotopic (exact) mass is 314 g/mol. The van der Waals surface area contributed by atoms with Crippen LogP contribution in [0.5, 0.6) is 11.5 Å². The van der Waals surface area contributed by atoms with Crippen LogP contribution in [-0.4, -0.2) is 23.2 Å². The summed E-state index contributed by atoms with van der Waals surface area (Å²) in [7, 11) is 0. The highest BCUT2D eigenvalue weighted by Crippen LogP contribution is 2.37. The first kappa shape index (κ1) is 14.1. The normalized spacial score (nSPS) is 11.6. The Morgan fingerprint density at radius 2 is 1.94 bits per heavy atom. The van der Waals surface area contributed by atoms with Gasteiger partial charge in [-0.15, -0.1) is 13.2 Å². The van der Waals surface area contributed by atoms with Crippen LogP contribution in [0.15, 0.2) is 16.6 Å². The van der Waals surface area contributed by atoms with E-state index in [0.717, 1.165) is 6.07 Å². The molecule has 0 atom stereocenters. The number of benzene rings is 1. The van der Waals surface area contributed by atoms with E-state index in [-0.39, 0.29) is 18.6 Å². The zero-order valence-corrected chi connectivity index (χ0v) is 10.2. The second-order valence-electron chi connectivity index (χ2n) is 3.29. The molecule has 0 spiro atoms. The second-order valence-corrected chi connectivity index (χ2v) is 4.20. The average molecular weight is 315 g/mol. The van der Waals surface area contributed by atoms with Gasteiger partial charge in [0.1, 0.15) is 0 Å². The van der Waals surface area contributed by atoms with E-state index in [2.05, 4.69) is 20.7 Å². The number of alkyl halides is 3. The van der Waals surface area contributed by atoms with E-state index in [9.17, 15) is 18.3 Å². The zero-order valence-electron chi connectivity index (χ0n) is 8.59. The number of aromatic hydroxyl groups is 1. The van der Waals surface area contributed by atoms with E-state index < -0.39 is 17.9 Å². The van der Waals surface area contributed by atoms with Crippen LogP contribution in [0.1, 0.15) is 12.0 Å². The molecular weight excluding hydrogens is 305 g/mol. The van der Waals surface area contributed by atoms with Gasteiger partial charge in [0.25, 0.3) is 0 Å². The Morgan fingerprint density at radius 3 is 2.47 bits per heavy atom. The molecule has 0 fully saturated rings. The summed E-state index contributed by atoms with van der Waals surface area (Å²) >= 11 is 3.03. The van der Waals surface area contributed by atoms with Crippen molar-refractivity contribution >= 4 is 15.9 Å². The summed E-state index contributed by atoms with van der Waals surface area (Å²) in [6.45, 7) is -0.110. The molecule has 0 aliphatic carbocycles. The highest BCUT2D eigenvalue weighted by atomic mass is 79.9. The molecule has 0 unspecified atom stereocenters. The molecule has 1 rings (SSSR count). The summed E-state index contributed by atoms with van der Waals surface area (Å²) in [5.74, 6) is -1.21. The number of rotatable bonds is 4. The largest absolute Gasteiger partial charge is 0.573 e. The Labute approximate surface area is 104 Å². The van der Waals surface area contributed by atoms with Crippen LogP contribution in [-0.2, 0) is 6.42 Å². The maximum absolute atomic E-state index is 12.0. The van der Waals surface area contributed by atoms with Crippen LogP contribution in [0.3, 0.4) is 0 Å². The second kappa shape index (κ2) is 5.59. The molecule has 0 aliphatic rings. The lowest BCUT2D eigenvalue weighted by molar-refractivity contribution is -0.275. The van der Waals surface area contributed by atoms with Gasteiger partial charge < -0.3 is 14.9 Å². The van der Waals surface area contributed by atoms with Crippen molar-refractivity contribution in [3.63, 3.8) is 0 Å². The molecule has 0 aliphatic heterocycles. The van der Waals surface area contributed by atoms with Gasteiger partial charge in [0.15, 0.2) is 11.5 Å². The van der Waals surface area contributed by atoms with Gasteiger partial charge in [-0.3, -0.25) is 0 Å². The third-order valence-electron chi connectivity index (χ3n) is 1.95. The standard InChI is InChI=1S/C10H10BrF3O3/c11-7-4-6(2-1-3-15)9(16)8(5-7)17-10(12,13)14/h4-5,15-16H,1-3H2. The predicted octanol–water partition coefficient (Wildman–Crippen LogP) is 2.98. The van der Waals surface area contributed by atoms with Crippen LogP contribution in [0.2, 0.25) is 0 Å². The van der Waals surface area contributed by atoms with Crippen LogP contribution in [0.4, 0.5) is 13.2 Å². The van der Waals surface area contributed by atoms with E-state index >= 15 is 0 Å². The number of aliphatic hydroxyl groups excluding tert-OH is 1. The summed E-state index contributed by atoms with van der Waals surface area (Å²) in [5.41, 5.74) is 0.285. The van der Waals surface area contributed by atoms with Gasteiger partial charge in [-0.05, 0) is 30.5 Å². The Morgan fingerprint density at radius 1 is 1.29 bits per heavy atom. The molecule has 0 saturated carbocycles. The van der Waals surface area contributed by atoms with Gasteiger partial charge in [0.2, 0.25) is 0 Å². The number of aryl methyl sites for hydroxylation is 1. The molecule has 0 aromatic heterocycles. The molecule has 3 nitrogen and oxygen atoms in total. The van der Waals surface area contributed by atoms with Crippen molar-refractivity contribution in [1.29, 1.82) is 0 Å². The first-order valence-corrected chi connectivity index (χ1v) is 5.51. The zero-order chi connectivity index (χ0) is 13.1. The quantitative estimate of drug-likeness (QED) is 0.898. The molecule has 17 heavy (non-hydrogen) atoms. The first-order valence-electron chi connectivity index (χ1n) is 4.71. The average Bonchev–Trinajstić information content (AvgIpc) is 2.18. The SMILES string of the molecule is OCCCc1cc(Br)cc(OC(F)(F)F)c1O. The maximum atomic E-state index is 12.0. The Balaban J connectivity index is 3.01. The van der Waals surface area contributed by atoms with E-state index in [1.807, 2.05) is 0 Å². The highest BCUT2D eigenvalue weighted by Gasteiger charge is 2.32. The topological polar surface area (TPSA) is 49.7 Å². The molecule has 96 valence electrons. The molecule has 0 radical (unpaired) electrons. The molecule has 0 heterocycles. The fraction of sp³-hybridized carbons (Fsp3) is 0.400. The third kappa shape index (κ3) is 4.43. The molecule has 0 amide bonds. The van der Waals surface area contributed by atoms with Crippen molar-refractivity contribution in [2.75, 3.05) is 6.61 Å². The van der Waals surface area contributed by atoms with Gasteiger partial charge >= 0.3 is 6.36 Å². The summed E-state index contributed by atoms with van der Waals surface area (Å²) < 4.78 is 40.2. The van der Waals surface area contributed by atoms with Gasteiger partial charge in [-0.1, -0.05) is 15.9 Å². The van der Waals surface area contributed by atoms with Gasteiger partial charge in [0.05, 0.1) is 0 Å². The van der Waals surface area contributed by atoms with E-state index in [1.54, 1.807) is 0 Å². The van der Waals surface area contributed by atoms with Crippen LogP contribution in [0.25, 0.3) is 0 Å². The van der Waals surface area contributed by atoms with E-state index in [4.69, 9.17) is 5.11 Å². The molecule has 0 bridgehead atoms. The first-order chi connectivity index (χ1) is 7.83. The number of halogens is 4. The molecule has 1 aromatic carbocycles. The van der Waals surface area contributed by atoms with Gasteiger partial charge in [-0.25, -0.2) is 0 Å². The number of aliphatic hydroxyl groups is 1. The van der Waals surface area contributed by atoms with E-state index in [0.29, 0.717) is 10.9 Å². The minimum atomic E-state index is -4.85. The fourth-order valence-corrected chi connectivity index (χ4v) is 1.78. The van der Waals surface area contributed by atoms with Crippen LogP contribution >= 0.6 is 15.9 Å². The van der Waals surface area contributed by atoms with Gasteiger partial charge in [-0.2, -0.15) is 0 Å². The third-order valence-corrected chi connectivity index (χ3v) is 2.41. The van der Waals surface area contributed by atoms with Crippen molar-refractivity contribution < 1.29 is 28.1 Å². The lowest BCUT2D eigenvalue weighted by Crippen LogP contribution is -2.17. The minimum absolute atomic E-state index is 0.110. The molecule has 2 N–H and O–H groups in total. The summed E-state index contributed by atoms with van der Waals surface area (Å²) in [6.07, 6.45) is -4.25. The van der Waals surface area contributed by atoms with Crippen molar-refractivity contribution in [1.82, 2.24) is 0 Å². The predicted molar refractivity (Wildman–Crippen MR) is 57.9 cm³/mol. The number of phenols is 1. The Bertz CT molecular complexity index is 393. The number of hydrogen-bond acceptors (Lipinski definition) is 3. The minimum Gasteiger partial charge on any atom is -0.504 e. The molecular formula is C10H10BrF3O3. The molecule has 1 aromatic rings. The summed E-state index contributed by atoms with van der Waals surface area (Å²) in [5, 5.41) is 18.2. The smallest absolute Gasteiger partial charge is 0.504 e. The van der Waals surface area contributed by atoms with Crippen LogP contribution < -0.4 is 4.74 Å². The van der Waals surface area contributed by atoms with E-state index in [1.165, 1.54) is 6.07 Å². The lowest BCUT2D eigenvalue weighted by Gasteiger charge is -2.13. The number of phenolic OH excluding ortho intramolecular Hbond substituents is 1. The highest BCUT2D eigenvalue weighted by molar-refractivity contribution is 9.10. The van der Waals surface area contributed by atoms with Crippen molar-refractivity contribution in [3.8, 4) is 11.5 Å².